The van der Waals surface area contributed by atoms with E-state index in [9.17, 15) is 19.5 Å². The Balaban J connectivity index is 1.47. The van der Waals surface area contributed by atoms with Crippen LogP contribution in [0, 0.1) is 17.3 Å². The number of oxazole rings is 2. The van der Waals surface area contributed by atoms with E-state index >= 15 is 0 Å². The molecule has 3 N–H and O–H groups in total. The molecule has 2 aromatic heterocycles. The third-order valence-corrected chi connectivity index (χ3v) is 9.81. The number of hydrogen-bond acceptors (Lipinski definition) is 11. The highest BCUT2D eigenvalue weighted by atomic mass is 16.5. The predicted molar refractivity (Wildman–Crippen MR) is 177 cm³/mol. The largest absolute Gasteiger partial charge is 0.469 e. The number of methoxy groups -OCH3 is 1. The number of amides is 1. The van der Waals surface area contributed by atoms with Crippen molar-refractivity contribution in [2.75, 3.05) is 12.4 Å². The Morgan fingerprint density at radius 2 is 1.88 bits per heavy atom. The van der Waals surface area contributed by atoms with Gasteiger partial charge >= 0.3 is 5.97 Å². The van der Waals surface area contributed by atoms with Gasteiger partial charge in [0.2, 0.25) is 17.7 Å². The lowest BCUT2D eigenvalue weighted by Crippen LogP contribution is -2.41. The lowest BCUT2D eigenvalue weighted by Gasteiger charge is -2.31. The number of nitrogens with zero attached hydrogens (tertiary/aromatic N) is 2. The topological polar surface area (TPSA) is 166 Å². The Bertz CT molecular complexity index is 1950. The maximum Gasteiger partial charge on any atom is 0.360 e. The van der Waals surface area contributed by atoms with E-state index in [0.29, 0.717) is 24.4 Å². The quantitative estimate of drug-likeness (QED) is 0.227. The number of aliphatic hydroxyl groups is 1. The van der Waals surface area contributed by atoms with Crippen molar-refractivity contribution in [3.63, 3.8) is 0 Å². The maximum absolute atomic E-state index is 14.2. The van der Waals surface area contributed by atoms with E-state index in [1.807, 2.05) is 57.2 Å². The zero-order chi connectivity index (χ0) is 34.8. The summed E-state index contributed by atoms with van der Waals surface area (Å²) >= 11 is 0. The van der Waals surface area contributed by atoms with Crippen LogP contribution in [0.5, 0.6) is 5.75 Å². The summed E-state index contributed by atoms with van der Waals surface area (Å²) < 4.78 is 24.2. The van der Waals surface area contributed by atoms with Crippen LogP contribution in [0.2, 0.25) is 0 Å². The first kappa shape index (κ1) is 32.6. The minimum atomic E-state index is -1.17. The van der Waals surface area contributed by atoms with Gasteiger partial charge in [0, 0.05) is 23.6 Å². The van der Waals surface area contributed by atoms with E-state index in [1.165, 1.54) is 13.4 Å². The van der Waals surface area contributed by atoms with Crippen molar-refractivity contribution >= 4 is 23.3 Å². The molecule has 256 valence electrons. The molecule has 2 unspecified atom stereocenters. The number of carbonyl (C=O) groups is 3. The Morgan fingerprint density at radius 1 is 1.10 bits per heavy atom. The van der Waals surface area contributed by atoms with Crippen LogP contribution < -0.4 is 15.4 Å². The van der Waals surface area contributed by atoms with Crippen molar-refractivity contribution in [1.29, 1.82) is 0 Å². The molecular weight excluding hydrogens is 628 g/mol. The molecule has 1 spiro atoms. The van der Waals surface area contributed by atoms with E-state index in [-0.39, 0.29) is 47.2 Å². The summed E-state index contributed by atoms with van der Waals surface area (Å²) in [5.74, 6) is -1.17. The molecule has 0 fully saturated rings. The van der Waals surface area contributed by atoms with Crippen LogP contribution in [0.3, 0.4) is 0 Å². The number of fused-ring (bicyclic) bond motifs is 4. The maximum atomic E-state index is 14.2. The van der Waals surface area contributed by atoms with Gasteiger partial charge in [0.05, 0.1) is 7.11 Å². The number of aliphatic hydroxyl groups excluding tert-OH is 1. The monoisotopic (exact) mass is 668 g/mol. The summed E-state index contributed by atoms with van der Waals surface area (Å²) in [6, 6.07) is 13.0. The highest BCUT2D eigenvalue weighted by molar-refractivity contribution is 5.89. The van der Waals surface area contributed by atoms with Crippen molar-refractivity contribution in [3.8, 4) is 17.3 Å². The normalized spacial score (nSPS) is 23.2. The lowest BCUT2D eigenvalue weighted by molar-refractivity contribution is -0.135. The SMILES string of the molecule is COC(=O)c1coc(-c2nc3oc2[C@]24c5ccccc5NC2Oc2ccc(cc24)CCC(CC(=O)[C@@H](O)C(C)C)C(=O)N[C@H]3C(C)(C)C)n1. The van der Waals surface area contributed by atoms with Crippen LogP contribution in [-0.4, -0.2) is 52.2 Å². The van der Waals surface area contributed by atoms with E-state index in [4.69, 9.17) is 23.3 Å². The molecule has 12 heteroatoms. The molecule has 0 aliphatic carbocycles. The molecule has 4 aromatic rings. The number of hydrogen-bond donors (Lipinski definition) is 3. The third kappa shape index (κ3) is 5.29. The van der Waals surface area contributed by atoms with E-state index in [1.54, 1.807) is 13.8 Å². The first-order valence-corrected chi connectivity index (χ1v) is 16.6. The van der Waals surface area contributed by atoms with Crippen molar-refractivity contribution in [2.45, 2.75) is 77.7 Å². The van der Waals surface area contributed by atoms with Crippen LogP contribution >= 0.6 is 0 Å². The molecule has 3 aliphatic rings. The van der Waals surface area contributed by atoms with Gasteiger partial charge in [0.25, 0.3) is 0 Å². The molecule has 0 saturated carbocycles. The van der Waals surface area contributed by atoms with Crippen LogP contribution in [-0.2, 0) is 26.2 Å². The predicted octanol–water partition coefficient (Wildman–Crippen LogP) is 5.34. The number of ketones is 1. The molecule has 12 nitrogen and oxygen atoms in total. The number of aromatic nitrogens is 2. The fraction of sp³-hybridized carbons (Fsp3) is 0.432. The van der Waals surface area contributed by atoms with Gasteiger partial charge in [-0.2, -0.15) is 0 Å². The van der Waals surface area contributed by atoms with Gasteiger partial charge in [0.15, 0.2) is 29.2 Å². The molecule has 0 radical (unpaired) electrons. The second-order valence-electron chi connectivity index (χ2n) is 14.5. The molecular formula is C37H40N4O8. The van der Waals surface area contributed by atoms with E-state index < -0.39 is 41.1 Å². The Labute approximate surface area is 283 Å². The van der Waals surface area contributed by atoms with Crippen molar-refractivity contribution in [2.24, 2.45) is 17.3 Å². The smallest absolute Gasteiger partial charge is 0.360 e. The van der Waals surface area contributed by atoms with Gasteiger partial charge in [-0.3, -0.25) is 9.59 Å². The molecule has 0 saturated heterocycles. The summed E-state index contributed by atoms with van der Waals surface area (Å²) in [4.78, 5) is 49.2. The summed E-state index contributed by atoms with van der Waals surface area (Å²) in [5.41, 5.74) is 2.00. The molecule has 1 amide bonds. The fourth-order valence-corrected chi connectivity index (χ4v) is 7.15. The standard InChI is InChI=1S/C37H40N4O8/c1-18(2)28(43)25(42)16-20-13-11-19-12-14-26-22(15-19)37(21-9-7-8-10-23(21)39-35(37)48-26)30-27(32-38-24(17-47-32)34(45)46-6)40-33(49-30)29(36(3,4)5)41-31(20)44/h7-10,12,14-15,17-18,20,28-29,35,39,43H,11,13,16H2,1-6H3,(H,41,44)/t20?,28-,29+,35?,37+/m0/s1. The molecule has 2 aromatic carbocycles. The van der Waals surface area contributed by atoms with Gasteiger partial charge in [-0.25, -0.2) is 14.8 Å². The van der Waals surface area contributed by atoms with E-state index in [2.05, 4.69) is 21.7 Å². The number of para-hydroxylation sites is 1. The van der Waals surface area contributed by atoms with Gasteiger partial charge in [-0.1, -0.05) is 65.0 Å². The Morgan fingerprint density at radius 3 is 2.61 bits per heavy atom. The lowest BCUT2D eigenvalue weighted by atomic mass is 9.72. The van der Waals surface area contributed by atoms with Crippen LogP contribution in [0.15, 0.2) is 57.6 Å². The highest BCUT2D eigenvalue weighted by Crippen LogP contribution is 2.59. The first-order chi connectivity index (χ1) is 23.3. The number of carbonyl (C=O) groups excluding carboxylic acids is 3. The number of anilines is 1. The first-order valence-electron chi connectivity index (χ1n) is 16.6. The third-order valence-electron chi connectivity index (χ3n) is 9.81. The minimum Gasteiger partial charge on any atom is -0.469 e. The molecule has 7 rings (SSSR count). The fourth-order valence-electron chi connectivity index (χ4n) is 7.15. The van der Waals surface area contributed by atoms with Crippen molar-refractivity contribution in [3.05, 3.63) is 82.8 Å². The number of Topliss-reactive ketones (excluding diaryl/α,β-unsaturated/α-hetero) is 1. The van der Waals surface area contributed by atoms with Gasteiger partial charge in [-0.05, 0) is 47.4 Å². The zero-order valence-corrected chi connectivity index (χ0v) is 28.3. The van der Waals surface area contributed by atoms with Gasteiger partial charge in [-0.15, -0.1) is 0 Å². The van der Waals surface area contributed by atoms with Crippen molar-refractivity contribution < 1.29 is 37.8 Å². The summed E-state index contributed by atoms with van der Waals surface area (Å²) in [6.45, 7) is 9.41. The van der Waals surface area contributed by atoms with Crippen LogP contribution in [0.1, 0.15) is 92.3 Å². The van der Waals surface area contributed by atoms with Crippen LogP contribution in [0.4, 0.5) is 5.69 Å². The summed E-state index contributed by atoms with van der Waals surface area (Å²) in [6.07, 6.45) is 0.142. The summed E-state index contributed by atoms with van der Waals surface area (Å²) in [7, 11) is 1.26. The number of nitrogens with one attached hydrogen (secondary N) is 2. The zero-order valence-electron chi connectivity index (χ0n) is 28.3. The molecule has 5 atom stereocenters. The molecule has 4 bridgehead atoms. The second-order valence-corrected chi connectivity index (χ2v) is 14.5. The Kier molecular flexibility index (Phi) is 7.89. The number of benzene rings is 2. The number of rotatable bonds is 6. The number of ether oxygens (including phenoxy) is 2. The van der Waals surface area contributed by atoms with E-state index in [0.717, 1.165) is 22.4 Å². The van der Waals surface area contributed by atoms with Gasteiger partial charge in [0.1, 0.15) is 29.6 Å². The number of esters is 1. The summed E-state index contributed by atoms with van der Waals surface area (Å²) in [5, 5.41) is 17.3. The molecule has 5 heterocycles. The Hall–Kier alpha value is -4.97. The second kappa shape index (κ2) is 11.9. The van der Waals surface area contributed by atoms with Crippen molar-refractivity contribution in [1.82, 2.24) is 15.3 Å². The molecule has 3 aliphatic heterocycles. The average molecular weight is 669 g/mol. The van der Waals surface area contributed by atoms with Crippen LogP contribution in [0.25, 0.3) is 11.6 Å². The molecule has 49 heavy (non-hydrogen) atoms. The average Bonchev–Trinajstić information content (AvgIpc) is 3.84. The van der Waals surface area contributed by atoms with Gasteiger partial charge < -0.3 is 34.0 Å². The minimum absolute atomic E-state index is 0.0322. The number of aryl methyl sites for hydroxylation is 1. The highest BCUT2D eigenvalue weighted by Gasteiger charge is 2.61.